The molecule has 0 radical (unpaired) electrons. The Morgan fingerprint density at radius 3 is 2.42 bits per heavy atom. The minimum Gasteiger partial charge on any atom is -0.147 e. The smallest absolute Gasteiger partial charge is 0.147 e. The van der Waals surface area contributed by atoms with Crippen LogP contribution in [0.25, 0.3) is 5.57 Å². The molecule has 0 heterocycles. The van der Waals surface area contributed by atoms with Crippen molar-refractivity contribution in [3.05, 3.63) is 53.1 Å². The van der Waals surface area contributed by atoms with Gasteiger partial charge < -0.3 is 0 Å². The van der Waals surface area contributed by atoms with Gasteiger partial charge in [0.1, 0.15) is 0 Å². The van der Waals surface area contributed by atoms with Crippen molar-refractivity contribution in [2.75, 3.05) is 20.6 Å². The van der Waals surface area contributed by atoms with Crippen molar-refractivity contribution in [1.82, 2.24) is 8.70 Å². The van der Waals surface area contributed by atoms with Crippen molar-refractivity contribution < 1.29 is 19.4 Å². The molecule has 2 rings (SSSR count). The minimum atomic E-state index is -0.152. The van der Waals surface area contributed by atoms with Crippen LogP contribution in [0.1, 0.15) is 38.3 Å². The fourth-order valence-electron chi connectivity index (χ4n) is 2.70. The van der Waals surface area contributed by atoms with E-state index in [9.17, 15) is 0 Å². The van der Waals surface area contributed by atoms with Gasteiger partial charge in [-0.15, -0.1) is 24.8 Å². The van der Waals surface area contributed by atoms with Crippen LogP contribution in [0.3, 0.4) is 0 Å². The summed E-state index contributed by atoms with van der Waals surface area (Å²) >= 11 is -0.152. The van der Waals surface area contributed by atoms with Gasteiger partial charge in [0.25, 0.3) is 0 Å². The van der Waals surface area contributed by atoms with E-state index in [1.807, 2.05) is 0 Å². The van der Waals surface area contributed by atoms with Crippen molar-refractivity contribution >= 4 is 30.4 Å². The van der Waals surface area contributed by atoms with E-state index in [1.165, 1.54) is 27.0 Å². The molecule has 1 aliphatic carbocycles. The van der Waals surface area contributed by atoms with Crippen LogP contribution < -0.4 is 3.80 Å². The average Bonchev–Trinajstić information content (AvgIpc) is 2.85. The van der Waals surface area contributed by atoms with Crippen molar-refractivity contribution in [1.29, 1.82) is 0 Å². The molecular formula is C19H30Cl2N2Ti. The summed E-state index contributed by atoms with van der Waals surface area (Å²) in [6.07, 6.45) is 5.68. The molecule has 1 aliphatic rings. The third kappa shape index (κ3) is 7.43. The maximum Gasteiger partial charge on any atom is -0.147 e. The molecule has 0 amide bonds. The van der Waals surface area contributed by atoms with Crippen LogP contribution in [-0.4, -0.2) is 31.1 Å². The molecule has 1 N–H and O–H groups in total. The minimum absolute atomic E-state index is 0. The molecule has 1 aromatic rings. The molecule has 5 heteroatoms. The second-order valence-corrected chi connectivity index (χ2v) is 8.73. The van der Waals surface area contributed by atoms with Gasteiger partial charge in [-0.1, -0.05) is 0 Å². The zero-order valence-electron chi connectivity index (χ0n) is 15.3. The van der Waals surface area contributed by atoms with Crippen molar-refractivity contribution in [2.45, 2.75) is 37.5 Å². The van der Waals surface area contributed by atoms with Gasteiger partial charge in [0.15, 0.2) is 0 Å². The first kappa shape index (κ1) is 23.9. The monoisotopic (exact) mass is 404 g/mol. The Labute approximate surface area is 169 Å². The van der Waals surface area contributed by atoms with Crippen LogP contribution in [0.5, 0.6) is 0 Å². The fraction of sp³-hybridized carbons (Fsp3) is 0.474. The van der Waals surface area contributed by atoms with Gasteiger partial charge in [-0.2, -0.15) is 0 Å². The standard InChI is InChI=1S/C15H18N.C4H10N.2ClH.Ti/c1-12-7-4-5-9-14(12)15-10-6-8-13(15)11-16(2)3;1-4(2,3)5;;;/h4-9H,1,10-11H2,2-3H3;5H,1-3H3;2*1H;/q;-1;;;+1. The second kappa shape index (κ2) is 10.8. The van der Waals surface area contributed by atoms with Crippen molar-refractivity contribution in [2.24, 2.45) is 0 Å². The maximum atomic E-state index is 3.72. The van der Waals surface area contributed by atoms with Crippen LogP contribution in [0.2, 0.25) is 0 Å². The first-order chi connectivity index (χ1) is 10.4. The Kier molecular flexibility index (Phi) is 10.8. The van der Waals surface area contributed by atoms with Crippen LogP contribution >= 0.6 is 24.8 Å². The SMILES string of the molecule is CN(C)CC1=C(c2ccccc2[CH2][Ti][NH]C(C)(C)C)CC=C1.Cl.Cl. The van der Waals surface area contributed by atoms with Crippen LogP contribution in [0, 0.1) is 0 Å². The van der Waals surface area contributed by atoms with Gasteiger partial charge in [0.05, 0.1) is 0 Å². The average molecular weight is 405 g/mol. The van der Waals surface area contributed by atoms with Crippen LogP contribution in [-0.2, 0) is 24.1 Å². The zero-order chi connectivity index (χ0) is 16.2. The fourth-order valence-corrected chi connectivity index (χ4v) is 4.44. The molecular weight excluding hydrogens is 375 g/mol. The van der Waals surface area contributed by atoms with E-state index in [4.69, 9.17) is 0 Å². The number of hydrogen-bond donors (Lipinski definition) is 1. The summed E-state index contributed by atoms with van der Waals surface area (Å²) in [5, 5.41) is 0. The topological polar surface area (TPSA) is 15.3 Å². The Balaban J connectivity index is 0.00000264. The van der Waals surface area contributed by atoms with Gasteiger partial charge in [-0.05, 0) is 0 Å². The number of halogens is 2. The van der Waals surface area contributed by atoms with Gasteiger partial charge in [-0.25, -0.2) is 0 Å². The van der Waals surface area contributed by atoms with Crippen molar-refractivity contribution in [3.8, 4) is 0 Å². The normalized spacial score (nSPS) is 13.8. The first-order valence-electron chi connectivity index (χ1n) is 7.98. The number of nitrogens with one attached hydrogen (secondary N) is 1. The summed E-state index contributed by atoms with van der Waals surface area (Å²) in [6.45, 7) is 7.78. The summed E-state index contributed by atoms with van der Waals surface area (Å²) in [5.41, 5.74) is 6.20. The Hall–Kier alpha value is -0.0857. The summed E-state index contributed by atoms with van der Waals surface area (Å²) in [6, 6.07) is 8.96. The van der Waals surface area contributed by atoms with E-state index in [1.54, 1.807) is 0 Å². The van der Waals surface area contributed by atoms with E-state index in [2.05, 4.69) is 80.0 Å². The van der Waals surface area contributed by atoms with E-state index < -0.39 is 0 Å². The molecule has 0 aliphatic heterocycles. The van der Waals surface area contributed by atoms with Gasteiger partial charge >= 0.3 is 145 Å². The predicted molar refractivity (Wildman–Crippen MR) is 107 cm³/mol. The molecule has 0 saturated carbocycles. The van der Waals surface area contributed by atoms with E-state index >= 15 is 0 Å². The number of rotatable bonds is 6. The molecule has 0 saturated heterocycles. The zero-order valence-corrected chi connectivity index (χ0v) is 18.5. The first-order valence-corrected chi connectivity index (χ1v) is 9.87. The van der Waals surface area contributed by atoms with Crippen LogP contribution in [0.4, 0.5) is 0 Å². The quantitative estimate of drug-likeness (QED) is 0.691. The molecule has 24 heavy (non-hydrogen) atoms. The van der Waals surface area contributed by atoms with Crippen LogP contribution in [0.15, 0.2) is 42.0 Å². The Morgan fingerprint density at radius 1 is 1.12 bits per heavy atom. The summed E-state index contributed by atoms with van der Waals surface area (Å²) < 4.78 is 4.92. The molecule has 134 valence electrons. The molecule has 0 bridgehead atoms. The molecule has 0 fully saturated rings. The number of likely N-dealkylation sites (N-methyl/N-ethyl adjacent to an activating group) is 1. The molecule has 0 aromatic heterocycles. The Morgan fingerprint density at radius 2 is 1.79 bits per heavy atom. The van der Waals surface area contributed by atoms with E-state index in [-0.39, 0.29) is 49.8 Å². The largest absolute Gasteiger partial charge is 0.147 e. The third-order valence-corrected chi connectivity index (χ3v) is 5.92. The number of allylic oxidation sites excluding steroid dienone is 2. The summed E-state index contributed by atoms with van der Waals surface area (Å²) in [4.78, 5) is 2.25. The summed E-state index contributed by atoms with van der Waals surface area (Å²) in [5.74, 6) is 0. The summed E-state index contributed by atoms with van der Waals surface area (Å²) in [7, 11) is 4.28. The number of benzene rings is 1. The molecule has 2 nitrogen and oxygen atoms in total. The second-order valence-electron chi connectivity index (χ2n) is 7.23. The maximum absolute atomic E-state index is 3.72. The van der Waals surface area contributed by atoms with E-state index in [0.717, 1.165) is 13.0 Å². The van der Waals surface area contributed by atoms with Gasteiger partial charge in [0, 0.05) is 0 Å². The molecule has 0 unspecified atom stereocenters. The van der Waals surface area contributed by atoms with Crippen molar-refractivity contribution in [3.63, 3.8) is 0 Å². The number of nitrogens with zero attached hydrogens (tertiary/aromatic N) is 1. The van der Waals surface area contributed by atoms with Gasteiger partial charge in [0.2, 0.25) is 0 Å². The van der Waals surface area contributed by atoms with E-state index in [0.29, 0.717) is 0 Å². The predicted octanol–water partition coefficient (Wildman–Crippen LogP) is 4.69. The molecule has 1 aromatic carbocycles. The van der Waals surface area contributed by atoms with Gasteiger partial charge in [-0.3, -0.25) is 0 Å². The number of hydrogen-bond acceptors (Lipinski definition) is 2. The Bertz CT molecular complexity index is 575. The third-order valence-electron chi connectivity index (χ3n) is 3.60. The molecule has 0 spiro atoms. The molecule has 0 atom stereocenters.